The van der Waals surface area contributed by atoms with E-state index in [-0.39, 0.29) is 36.6 Å². The highest BCUT2D eigenvalue weighted by molar-refractivity contribution is 5.86. The normalized spacial score (nSPS) is 25.8. The molecule has 3 aliphatic rings. The second kappa shape index (κ2) is 6.35. The van der Waals surface area contributed by atoms with Crippen molar-refractivity contribution in [3.8, 4) is 45.6 Å². The van der Waals surface area contributed by atoms with E-state index in [1.54, 1.807) is 7.11 Å². The molecular formula is C22H24O7. The van der Waals surface area contributed by atoms with Gasteiger partial charge in [-0.3, -0.25) is 0 Å². The number of hydrogen-bond donors (Lipinski definition) is 1. The number of aromatic hydroxyl groups is 1. The number of phenols is 1. The van der Waals surface area contributed by atoms with Crippen LogP contribution < -0.4 is 23.7 Å². The number of benzene rings is 2. The molecule has 3 aliphatic heterocycles. The summed E-state index contributed by atoms with van der Waals surface area (Å²) in [6.07, 6.45) is -0.399. The van der Waals surface area contributed by atoms with E-state index >= 15 is 0 Å². The summed E-state index contributed by atoms with van der Waals surface area (Å²) >= 11 is 0. The predicted octanol–water partition coefficient (Wildman–Crippen LogP) is 4.21. The molecule has 1 fully saturated rings. The molecule has 0 aromatic heterocycles. The molecule has 1 saturated heterocycles. The van der Waals surface area contributed by atoms with Crippen LogP contribution in [0.2, 0.25) is 0 Å². The summed E-state index contributed by atoms with van der Waals surface area (Å²) in [5.41, 5.74) is 3.47. The average Bonchev–Trinajstić information content (AvgIpc) is 3.27. The first-order valence-electron chi connectivity index (χ1n) is 9.65. The molecule has 7 heteroatoms. The van der Waals surface area contributed by atoms with Gasteiger partial charge in [-0.25, -0.2) is 0 Å². The van der Waals surface area contributed by atoms with Crippen LogP contribution in [-0.4, -0.2) is 33.2 Å². The van der Waals surface area contributed by atoms with Crippen LogP contribution in [0.3, 0.4) is 0 Å². The molecule has 2 aromatic rings. The Bertz CT molecular complexity index is 1000. The molecular weight excluding hydrogens is 376 g/mol. The van der Waals surface area contributed by atoms with Crippen molar-refractivity contribution in [2.24, 2.45) is 11.8 Å². The Hall–Kier alpha value is -2.80. The van der Waals surface area contributed by atoms with Gasteiger partial charge in [0.1, 0.15) is 0 Å². The fourth-order valence-corrected chi connectivity index (χ4v) is 4.86. The van der Waals surface area contributed by atoms with E-state index in [2.05, 4.69) is 13.8 Å². The zero-order chi connectivity index (χ0) is 20.4. The lowest BCUT2D eigenvalue weighted by Crippen LogP contribution is -2.15. The summed E-state index contributed by atoms with van der Waals surface area (Å²) < 4.78 is 34.8. The van der Waals surface area contributed by atoms with Crippen molar-refractivity contribution in [1.29, 1.82) is 0 Å². The van der Waals surface area contributed by atoms with Crippen LogP contribution in [-0.2, 0) is 4.74 Å². The van der Waals surface area contributed by atoms with Crippen molar-refractivity contribution in [2.45, 2.75) is 26.1 Å². The minimum absolute atomic E-state index is 0.0381. The molecule has 0 spiro atoms. The van der Waals surface area contributed by atoms with E-state index in [1.165, 1.54) is 14.2 Å². The smallest absolute Gasteiger partial charge is 0.231 e. The fraction of sp³-hybridized carbons (Fsp3) is 0.455. The molecule has 29 heavy (non-hydrogen) atoms. The maximum atomic E-state index is 10.8. The molecule has 7 nitrogen and oxygen atoms in total. The Labute approximate surface area is 169 Å². The lowest BCUT2D eigenvalue weighted by atomic mass is 9.77. The van der Waals surface area contributed by atoms with Crippen LogP contribution in [0, 0.1) is 11.8 Å². The van der Waals surface area contributed by atoms with Gasteiger partial charge in [0, 0.05) is 11.1 Å². The Morgan fingerprint density at radius 3 is 2.34 bits per heavy atom. The minimum Gasteiger partial charge on any atom is -0.502 e. The molecule has 0 amide bonds. The van der Waals surface area contributed by atoms with Gasteiger partial charge in [0.05, 0.1) is 33.5 Å². The molecule has 0 radical (unpaired) electrons. The molecule has 4 unspecified atom stereocenters. The van der Waals surface area contributed by atoms with Crippen LogP contribution in [0.5, 0.6) is 34.5 Å². The summed E-state index contributed by atoms with van der Waals surface area (Å²) in [7, 11) is 4.67. The third-order valence-corrected chi connectivity index (χ3v) is 6.47. The molecule has 0 saturated carbocycles. The van der Waals surface area contributed by atoms with Crippen molar-refractivity contribution < 1.29 is 33.5 Å². The van der Waals surface area contributed by atoms with Crippen molar-refractivity contribution in [2.75, 3.05) is 28.1 Å². The van der Waals surface area contributed by atoms with Gasteiger partial charge in [0.25, 0.3) is 0 Å². The maximum absolute atomic E-state index is 10.8. The van der Waals surface area contributed by atoms with Gasteiger partial charge in [0.2, 0.25) is 18.3 Å². The standard InChI is InChI=1S/C22H24O7/c1-9-10(2)19-16-11(6-13(24-3)17(23)21(16)25-4)15-12(18(9)29-19)7-14-20(22(15)26-5)28-8-27-14/h6-7,9-10,18-19,23H,8H2,1-5H3. The molecule has 2 aromatic carbocycles. The molecule has 1 N–H and O–H groups in total. The number of fused-ring (bicyclic) bond motifs is 8. The van der Waals surface area contributed by atoms with Crippen molar-refractivity contribution in [3.05, 3.63) is 23.3 Å². The molecule has 4 atom stereocenters. The Kier molecular flexibility index (Phi) is 4.00. The van der Waals surface area contributed by atoms with E-state index in [9.17, 15) is 5.11 Å². The van der Waals surface area contributed by atoms with Gasteiger partial charge >= 0.3 is 0 Å². The largest absolute Gasteiger partial charge is 0.502 e. The zero-order valence-electron chi connectivity index (χ0n) is 17.1. The Morgan fingerprint density at radius 1 is 0.931 bits per heavy atom. The van der Waals surface area contributed by atoms with Gasteiger partial charge in [-0.2, -0.15) is 0 Å². The summed E-state index contributed by atoms with van der Waals surface area (Å²) in [6.45, 7) is 4.48. The third kappa shape index (κ3) is 2.28. The number of ether oxygens (including phenoxy) is 6. The molecule has 0 aliphatic carbocycles. The van der Waals surface area contributed by atoms with Gasteiger partial charge in [-0.15, -0.1) is 0 Å². The van der Waals surface area contributed by atoms with Crippen LogP contribution >= 0.6 is 0 Å². The monoisotopic (exact) mass is 400 g/mol. The van der Waals surface area contributed by atoms with E-state index < -0.39 is 0 Å². The third-order valence-electron chi connectivity index (χ3n) is 6.47. The van der Waals surface area contributed by atoms with E-state index in [1.807, 2.05) is 12.1 Å². The topological polar surface area (TPSA) is 75.6 Å². The summed E-state index contributed by atoms with van der Waals surface area (Å²) in [6, 6.07) is 3.80. The lowest BCUT2D eigenvalue weighted by Gasteiger charge is -2.27. The lowest BCUT2D eigenvalue weighted by molar-refractivity contribution is 0.0300. The number of hydrogen-bond acceptors (Lipinski definition) is 7. The quantitative estimate of drug-likeness (QED) is 0.827. The molecule has 5 rings (SSSR count). The second-order valence-corrected chi connectivity index (χ2v) is 7.73. The van der Waals surface area contributed by atoms with Crippen molar-refractivity contribution in [3.63, 3.8) is 0 Å². The van der Waals surface area contributed by atoms with Crippen LogP contribution in [0.15, 0.2) is 12.1 Å². The highest BCUT2D eigenvalue weighted by Crippen LogP contribution is 2.63. The highest BCUT2D eigenvalue weighted by Gasteiger charge is 2.48. The first kappa shape index (κ1) is 18.2. The Balaban J connectivity index is 1.93. The minimum atomic E-state index is -0.245. The van der Waals surface area contributed by atoms with Crippen LogP contribution in [0.1, 0.15) is 37.2 Å². The molecule has 154 valence electrons. The van der Waals surface area contributed by atoms with Gasteiger partial charge < -0.3 is 33.5 Å². The number of phenolic OH excluding ortho intramolecular Hbond substituents is 1. The predicted molar refractivity (Wildman–Crippen MR) is 104 cm³/mol. The summed E-state index contributed by atoms with van der Waals surface area (Å²) in [5.74, 6) is 2.90. The first-order chi connectivity index (χ1) is 14.0. The van der Waals surface area contributed by atoms with Gasteiger partial charge in [-0.05, 0) is 35.1 Å². The van der Waals surface area contributed by atoms with Crippen molar-refractivity contribution in [1.82, 2.24) is 0 Å². The first-order valence-corrected chi connectivity index (χ1v) is 9.65. The molecule has 3 heterocycles. The summed E-state index contributed by atoms with van der Waals surface area (Å²) in [4.78, 5) is 0. The summed E-state index contributed by atoms with van der Waals surface area (Å²) in [5, 5.41) is 10.8. The second-order valence-electron chi connectivity index (χ2n) is 7.73. The number of rotatable bonds is 3. The van der Waals surface area contributed by atoms with E-state index in [0.29, 0.717) is 28.7 Å². The molecule has 2 bridgehead atoms. The van der Waals surface area contributed by atoms with Crippen molar-refractivity contribution >= 4 is 0 Å². The maximum Gasteiger partial charge on any atom is 0.231 e. The van der Waals surface area contributed by atoms with E-state index in [4.69, 9.17) is 28.4 Å². The Morgan fingerprint density at radius 2 is 1.66 bits per heavy atom. The highest BCUT2D eigenvalue weighted by atomic mass is 16.7. The van der Waals surface area contributed by atoms with Gasteiger partial charge in [-0.1, -0.05) is 13.8 Å². The SMILES string of the molecule is COc1cc2c(c(OC)c1O)C1OC(c3cc4c(c(OC)c3-2)OCO4)C(C)C1C. The zero-order valence-corrected chi connectivity index (χ0v) is 17.1. The van der Waals surface area contributed by atoms with Crippen LogP contribution in [0.25, 0.3) is 11.1 Å². The number of methoxy groups -OCH3 is 3. The van der Waals surface area contributed by atoms with Crippen LogP contribution in [0.4, 0.5) is 0 Å². The van der Waals surface area contributed by atoms with E-state index in [0.717, 1.165) is 22.3 Å². The average molecular weight is 400 g/mol. The van der Waals surface area contributed by atoms with Gasteiger partial charge in [0.15, 0.2) is 23.0 Å². The fourth-order valence-electron chi connectivity index (χ4n) is 4.86.